The number of imidazole rings is 1. The zero-order valence-corrected chi connectivity index (χ0v) is 14.7. The van der Waals surface area contributed by atoms with E-state index < -0.39 is 0 Å². The standard InChI is InChI=1S/C22H20N2O2/c1-2-3-4-14-26-21-10-8-19(9-11-21)22(25)20-7-5-6-18(15-20)16-24-13-12-23-17-24/h5-13,15,17H,2,14,16H2,1H3. The van der Waals surface area contributed by atoms with E-state index in [9.17, 15) is 4.79 Å². The predicted molar refractivity (Wildman–Crippen MR) is 101 cm³/mol. The van der Waals surface area contributed by atoms with Gasteiger partial charge in [-0.25, -0.2) is 4.98 Å². The van der Waals surface area contributed by atoms with Crippen LogP contribution in [0.5, 0.6) is 5.75 Å². The van der Waals surface area contributed by atoms with Gasteiger partial charge in [0.25, 0.3) is 0 Å². The van der Waals surface area contributed by atoms with Crippen molar-refractivity contribution in [1.29, 1.82) is 0 Å². The van der Waals surface area contributed by atoms with Crippen molar-refractivity contribution in [2.75, 3.05) is 6.61 Å². The Balaban J connectivity index is 1.68. The highest BCUT2D eigenvalue weighted by Crippen LogP contribution is 2.17. The lowest BCUT2D eigenvalue weighted by Crippen LogP contribution is -2.04. The van der Waals surface area contributed by atoms with Gasteiger partial charge in [0.15, 0.2) is 5.78 Å². The Morgan fingerprint density at radius 2 is 1.96 bits per heavy atom. The van der Waals surface area contributed by atoms with Crippen LogP contribution in [0, 0.1) is 11.8 Å². The number of hydrogen-bond acceptors (Lipinski definition) is 3. The minimum atomic E-state index is -0.00481. The summed E-state index contributed by atoms with van der Waals surface area (Å²) in [6.45, 7) is 3.04. The lowest BCUT2D eigenvalue weighted by Gasteiger charge is -2.07. The first-order valence-electron chi connectivity index (χ1n) is 8.54. The second kappa shape index (κ2) is 8.68. The minimum absolute atomic E-state index is 0.00481. The number of aromatic nitrogens is 2. The van der Waals surface area contributed by atoms with Crippen LogP contribution in [0.1, 0.15) is 34.8 Å². The van der Waals surface area contributed by atoms with E-state index in [0.29, 0.717) is 30.0 Å². The summed E-state index contributed by atoms with van der Waals surface area (Å²) in [5, 5.41) is 0. The van der Waals surface area contributed by atoms with Crippen LogP contribution in [0.15, 0.2) is 67.3 Å². The van der Waals surface area contributed by atoms with Gasteiger partial charge in [0, 0.05) is 36.5 Å². The Morgan fingerprint density at radius 1 is 1.12 bits per heavy atom. The SMILES string of the molecule is CCC#CCOc1ccc(C(=O)c2cccc(Cn3ccnc3)c2)cc1. The van der Waals surface area contributed by atoms with Gasteiger partial charge in [-0.3, -0.25) is 4.79 Å². The molecule has 0 N–H and O–H groups in total. The molecule has 0 aliphatic heterocycles. The number of carbonyl (C=O) groups is 1. The molecule has 4 heteroatoms. The molecule has 3 aromatic rings. The first kappa shape index (κ1) is 17.5. The van der Waals surface area contributed by atoms with E-state index in [1.807, 2.05) is 42.0 Å². The van der Waals surface area contributed by atoms with Crippen LogP contribution in [-0.2, 0) is 6.54 Å². The molecule has 1 aromatic heterocycles. The molecule has 3 rings (SSSR count). The predicted octanol–water partition coefficient (Wildman–Crippen LogP) is 3.95. The van der Waals surface area contributed by atoms with E-state index in [-0.39, 0.29) is 5.78 Å². The fourth-order valence-electron chi connectivity index (χ4n) is 2.57. The second-order valence-corrected chi connectivity index (χ2v) is 5.78. The Bertz CT molecular complexity index is 917. The van der Waals surface area contributed by atoms with Crippen LogP contribution in [0.2, 0.25) is 0 Å². The molecule has 0 fully saturated rings. The first-order chi connectivity index (χ1) is 12.8. The molecule has 0 aliphatic carbocycles. The van der Waals surface area contributed by atoms with Crippen molar-refractivity contribution in [3.05, 3.63) is 83.9 Å². The average molecular weight is 344 g/mol. The van der Waals surface area contributed by atoms with E-state index in [0.717, 1.165) is 12.0 Å². The normalized spacial score (nSPS) is 10.0. The van der Waals surface area contributed by atoms with Crippen molar-refractivity contribution >= 4 is 5.78 Å². The summed E-state index contributed by atoms with van der Waals surface area (Å²) < 4.78 is 7.50. The summed E-state index contributed by atoms with van der Waals surface area (Å²) in [6, 6.07) is 14.8. The largest absolute Gasteiger partial charge is 0.481 e. The molecule has 4 nitrogen and oxygen atoms in total. The lowest BCUT2D eigenvalue weighted by molar-refractivity contribution is 0.103. The summed E-state index contributed by atoms with van der Waals surface area (Å²) in [4.78, 5) is 16.8. The molecular formula is C22H20N2O2. The van der Waals surface area contributed by atoms with E-state index in [4.69, 9.17) is 4.74 Å². The first-order valence-corrected chi connectivity index (χ1v) is 8.54. The number of carbonyl (C=O) groups excluding carboxylic acids is 1. The highest BCUT2D eigenvalue weighted by Gasteiger charge is 2.10. The van der Waals surface area contributed by atoms with Crippen molar-refractivity contribution in [2.24, 2.45) is 0 Å². The minimum Gasteiger partial charge on any atom is -0.481 e. The summed E-state index contributed by atoms with van der Waals surface area (Å²) in [5.74, 6) is 6.59. The summed E-state index contributed by atoms with van der Waals surface area (Å²) in [6.07, 6.45) is 6.22. The van der Waals surface area contributed by atoms with Crippen molar-refractivity contribution in [1.82, 2.24) is 9.55 Å². The maximum atomic E-state index is 12.7. The maximum absolute atomic E-state index is 12.7. The number of ether oxygens (including phenoxy) is 1. The highest BCUT2D eigenvalue weighted by molar-refractivity contribution is 6.09. The number of hydrogen-bond donors (Lipinski definition) is 0. The molecule has 0 saturated heterocycles. The summed E-state index contributed by atoms with van der Waals surface area (Å²) >= 11 is 0. The average Bonchev–Trinajstić information content (AvgIpc) is 3.18. The fraction of sp³-hybridized carbons (Fsp3) is 0.182. The quantitative estimate of drug-likeness (QED) is 0.502. The third-order valence-corrected chi connectivity index (χ3v) is 3.84. The third-order valence-electron chi connectivity index (χ3n) is 3.84. The molecule has 2 aromatic carbocycles. The van der Waals surface area contributed by atoms with Crippen LogP contribution in [-0.4, -0.2) is 21.9 Å². The molecule has 0 amide bonds. The van der Waals surface area contributed by atoms with Gasteiger partial charge in [0.1, 0.15) is 12.4 Å². The Labute approximate surface area is 153 Å². The Kier molecular flexibility index (Phi) is 5.84. The van der Waals surface area contributed by atoms with Crippen LogP contribution in [0.3, 0.4) is 0 Å². The van der Waals surface area contributed by atoms with Crippen molar-refractivity contribution in [2.45, 2.75) is 19.9 Å². The van der Waals surface area contributed by atoms with Crippen LogP contribution in [0.25, 0.3) is 0 Å². The van der Waals surface area contributed by atoms with Crippen LogP contribution in [0.4, 0.5) is 0 Å². The number of rotatable bonds is 6. The van der Waals surface area contributed by atoms with Gasteiger partial charge < -0.3 is 9.30 Å². The number of benzene rings is 2. The topological polar surface area (TPSA) is 44.1 Å². The van der Waals surface area contributed by atoms with Crippen LogP contribution < -0.4 is 4.74 Å². The lowest BCUT2D eigenvalue weighted by atomic mass is 10.0. The van der Waals surface area contributed by atoms with Gasteiger partial charge in [-0.05, 0) is 35.9 Å². The van der Waals surface area contributed by atoms with Gasteiger partial charge in [0.2, 0.25) is 0 Å². The molecule has 26 heavy (non-hydrogen) atoms. The van der Waals surface area contributed by atoms with Gasteiger partial charge in [-0.15, -0.1) is 5.92 Å². The summed E-state index contributed by atoms with van der Waals surface area (Å²) in [5.41, 5.74) is 2.37. The Hall–Kier alpha value is -3.32. The van der Waals surface area contributed by atoms with Crippen molar-refractivity contribution in [3.8, 4) is 17.6 Å². The maximum Gasteiger partial charge on any atom is 0.193 e. The molecule has 0 spiro atoms. The number of ketones is 1. The molecule has 1 heterocycles. The molecule has 130 valence electrons. The molecule has 0 radical (unpaired) electrons. The van der Waals surface area contributed by atoms with E-state index >= 15 is 0 Å². The second-order valence-electron chi connectivity index (χ2n) is 5.78. The van der Waals surface area contributed by atoms with E-state index in [2.05, 4.69) is 16.8 Å². The fourth-order valence-corrected chi connectivity index (χ4v) is 2.57. The van der Waals surface area contributed by atoms with Crippen molar-refractivity contribution < 1.29 is 9.53 Å². The molecule has 0 bridgehead atoms. The van der Waals surface area contributed by atoms with Gasteiger partial charge in [-0.2, -0.15) is 0 Å². The molecule has 0 aliphatic rings. The summed E-state index contributed by atoms with van der Waals surface area (Å²) in [7, 11) is 0. The van der Waals surface area contributed by atoms with E-state index in [1.54, 1.807) is 36.8 Å². The smallest absolute Gasteiger partial charge is 0.193 e. The zero-order chi connectivity index (χ0) is 18.2. The molecule has 0 unspecified atom stereocenters. The number of nitrogens with zero attached hydrogens (tertiary/aromatic N) is 2. The zero-order valence-electron chi connectivity index (χ0n) is 14.7. The molecular weight excluding hydrogens is 324 g/mol. The molecule has 0 atom stereocenters. The molecule has 0 saturated carbocycles. The third kappa shape index (κ3) is 4.61. The highest BCUT2D eigenvalue weighted by atomic mass is 16.5. The van der Waals surface area contributed by atoms with Gasteiger partial charge in [-0.1, -0.05) is 31.0 Å². The Morgan fingerprint density at radius 3 is 2.69 bits per heavy atom. The van der Waals surface area contributed by atoms with Gasteiger partial charge >= 0.3 is 0 Å². The van der Waals surface area contributed by atoms with Crippen molar-refractivity contribution in [3.63, 3.8) is 0 Å². The monoisotopic (exact) mass is 344 g/mol. The van der Waals surface area contributed by atoms with Gasteiger partial charge in [0.05, 0.1) is 6.33 Å². The van der Waals surface area contributed by atoms with E-state index in [1.165, 1.54) is 0 Å². The van der Waals surface area contributed by atoms with Crippen LogP contribution >= 0.6 is 0 Å².